The lowest BCUT2D eigenvalue weighted by Crippen LogP contribution is -2.62. The highest BCUT2D eigenvalue weighted by Crippen LogP contribution is 2.56. The van der Waals surface area contributed by atoms with Gasteiger partial charge in [0, 0.05) is 68.6 Å². The molecular weight excluding hydrogens is 779 g/mol. The maximum absolute atomic E-state index is 14.1. The molecule has 0 radical (unpaired) electrons. The molecule has 6 atom stereocenters. The quantitative estimate of drug-likeness (QED) is 0.0784. The molecule has 1 N–H and O–H groups in total. The number of benzene rings is 3. The lowest BCUT2D eigenvalue weighted by atomic mass is 9.63. The Bertz CT molecular complexity index is 1890. The Kier molecular flexibility index (Phi) is 16.2. The Hall–Kier alpha value is -3.25. The topological polar surface area (TPSA) is 81.3 Å². The lowest BCUT2D eigenvalue weighted by Gasteiger charge is -2.61. The fourth-order valence-corrected chi connectivity index (χ4v) is 9.51. The molecule has 3 aliphatic rings. The summed E-state index contributed by atoms with van der Waals surface area (Å²) in [5, 5.41) is 0.698. The predicted molar refractivity (Wildman–Crippen MR) is 240 cm³/mol. The molecule has 4 aromatic rings. The zero-order chi connectivity index (χ0) is 41.9. The molecule has 3 aliphatic heterocycles. The number of aromatic amines is 1. The van der Waals surface area contributed by atoms with Crippen molar-refractivity contribution in [2.75, 3.05) is 62.5 Å². The van der Waals surface area contributed by atoms with E-state index in [1.807, 2.05) is 30.3 Å². The van der Waals surface area contributed by atoms with E-state index in [-0.39, 0.29) is 47.8 Å². The molecule has 0 bridgehead atoms. The number of fused-ring (bicyclic) bond motifs is 1. The number of rotatable bonds is 22. The van der Waals surface area contributed by atoms with E-state index >= 15 is 0 Å². The van der Waals surface area contributed by atoms with Gasteiger partial charge in [-0.05, 0) is 92.1 Å². The van der Waals surface area contributed by atoms with Gasteiger partial charge in [0.1, 0.15) is 30.2 Å². The van der Waals surface area contributed by atoms with Crippen molar-refractivity contribution in [1.29, 1.82) is 0 Å². The van der Waals surface area contributed by atoms with Gasteiger partial charge in [-0.2, -0.15) is 0 Å². The highest BCUT2D eigenvalue weighted by molar-refractivity contribution is 6.31. The number of H-pyrrole nitrogens is 1. The van der Waals surface area contributed by atoms with Crippen LogP contribution in [0.15, 0.2) is 66.7 Å². The molecule has 11 heteroatoms. The SMILES string of the molecule is CCCCOCC1OC(Cc2ccc(C3N(c4ccc(F)cc4)CC34CCN(c3nc5ccc(Cl)cc5[nH]3)CC4)cc2)C(OCCCC)C(OCCCC)C1OCCCC. The van der Waals surface area contributed by atoms with Gasteiger partial charge in [-0.3, -0.25) is 0 Å². The summed E-state index contributed by atoms with van der Waals surface area (Å²) in [6, 6.07) is 22.1. The molecule has 4 heterocycles. The molecule has 0 amide bonds. The van der Waals surface area contributed by atoms with Crippen molar-refractivity contribution in [3.63, 3.8) is 0 Å². The van der Waals surface area contributed by atoms with E-state index in [1.165, 1.54) is 11.1 Å². The van der Waals surface area contributed by atoms with Crippen LogP contribution in [0.2, 0.25) is 5.02 Å². The zero-order valence-corrected chi connectivity index (χ0v) is 37.1. The Morgan fingerprint density at radius 3 is 2.03 bits per heavy atom. The molecule has 328 valence electrons. The number of hydrogen-bond acceptors (Lipinski definition) is 8. The summed E-state index contributed by atoms with van der Waals surface area (Å²) in [5.74, 6) is 0.676. The summed E-state index contributed by atoms with van der Waals surface area (Å²) >= 11 is 6.28. The van der Waals surface area contributed by atoms with Crippen LogP contribution in [0.25, 0.3) is 11.0 Å². The molecular formula is C49H68ClFN4O5. The number of nitrogens with zero attached hydrogens (tertiary/aromatic N) is 3. The second kappa shape index (κ2) is 21.7. The monoisotopic (exact) mass is 846 g/mol. The molecule has 6 unspecified atom stereocenters. The van der Waals surface area contributed by atoms with Crippen molar-refractivity contribution in [3.05, 3.63) is 88.7 Å². The van der Waals surface area contributed by atoms with Gasteiger partial charge in [0.05, 0.1) is 29.8 Å². The maximum atomic E-state index is 14.1. The Balaban J connectivity index is 1.12. The summed E-state index contributed by atoms with van der Waals surface area (Å²) in [6.45, 7) is 14.6. The van der Waals surface area contributed by atoms with Crippen molar-refractivity contribution in [2.45, 2.75) is 135 Å². The number of imidazole rings is 1. The van der Waals surface area contributed by atoms with Gasteiger partial charge >= 0.3 is 0 Å². The maximum Gasteiger partial charge on any atom is 0.203 e. The molecule has 0 aliphatic carbocycles. The van der Waals surface area contributed by atoms with E-state index in [4.69, 9.17) is 40.3 Å². The Morgan fingerprint density at radius 2 is 1.38 bits per heavy atom. The van der Waals surface area contributed by atoms with E-state index < -0.39 is 0 Å². The lowest BCUT2D eigenvalue weighted by molar-refractivity contribution is -0.265. The highest BCUT2D eigenvalue weighted by Gasteiger charge is 2.54. The first-order valence-electron chi connectivity index (χ1n) is 23.0. The van der Waals surface area contributed by atoms with Gasteiger partial charge in [0.25, 0.3) is 0 Å². The third-order valence-corrected chi connectivity index (χ3v) is 13.1. The minimum Gasteiger partial charge on any atom is -0.379 e. The van der Waals surface area contributed by atoms with Gasteiger partial charge in [-0.1, -0.05) is 89.2 Å². The molecule has 1 spiro atoms. The van der Waals surface area contributed by atoms with Crippen molar-refractivity contribution >= 4 is 34.3 Å². The summed E-state index contributed by atoms with van der Waals surface area (Å²) in [6.07, 6.45) is 9.63. The molecule has 7 rings (SSSR count). The van der Waals surface area contributed by atoms with Gasteiger partial charge in [0.15, 0.2) is 0 Å². The van der Waals surface area contributed by atoms with Crippen molar-refractivity contribution in [3.8, 4) is 0 Å². The van der Waals surface area contributed by atoms with E-state index in [2.05, 4.69) is 66.7 Å². The highest BCUT2D eigenvalue weighted by atomic mass is 35.5. The average molecular weight is 848 g/mol. The largest absolute Gasteiger partial charge is 0.379 e. The Morgan fingerprint density at radius 1 is 0.767 bits per heavy atom. The summed E-state index contributed by atoms with van der Waals surface area (Å²) in [7, 11) is 0. The number of nitrogens with one attached hydrogen (secondary N) is 1. The molecule has 3 aromatic carbocycles. The first-order chi connectivity index (χ1) is 29.4. The second-order valence-electron chi connectivity index (χ2n) is 17.2. The fraction of sp³-hybridized carbons (Fsp3) is 0.612. The number of hydrogen-bond donors (Lipinski definition) is 1. The van der Waals surface area contributed by atoms with Crippen LogP contribution in [0.5, 0.6) is 0 Å². The minimum absolute atomic E-state index is 0.0766. The van der Waals surface area contributed by atoms with Gasteiger partial charge < -0.3 is 38.5 Å². The van der Waals surface area contributed by atoms with Crippen LogP contribution in [0.4, 0.5) is 16.0 Å². The standard InChI is InChI=1S/C49H68ClFN4O5/c1-5-9-27-56-33-43-45(58-29-11-7-3)46(59-30-12-8-4)44(57-28-10-6-2)42(60-43)31-35-13-15-36(16-14-35)47-49(34-55(47)39-20-18-38(51)19-21-39)23-25-54(26-24-49)48-52-40-22-17-37(50)32-41(40)53-48/h13-22,32,42-47H,5-12,23-31,33-34H2,1-4H3,(H,52,53). The molecule has 9 nitrogen and oxygen atoms in total. The van der Waals surface area contributed by atoms with E-state index in [9.17, 15) is 4.39 Å². The molecule has 3 fully saturated rings. The smallest absolute Gasteiger partial charge is 0.203 e. The minimum atomic E-state index is -0.274. The predicted octanol–water partition coefficient (Wildman–Crippen LogP) is 10.9. The van der Waals surface area contributed by atoms with Crippen molar-refractivity contribution in [2.24, 2.45) is 5.41 Å². The first kappa shape index (κ1) is 44.8. The second-order valence-corrected chi connectivity index (χ2v) is 17.7. The van der Waals surface area contributed by atoms with E-state index in [1.54, 1.807) is 12.1 Å². The normalized spacial score (nSPS) is 24.0. The number of piperidine rings is 1. The zero-order valence-electron chi connectivity index (χ0n) is 36.4. The van der Waals surface area contributed by atoms with Crippen LogP contribution < -0.4 is 9.80 Å². The van der Waals surface area contributed by atoms with Crippen LogP contribution in [0, 0.1) is 11.2 Å². The fourth-order valence-electron chi connectivity index (χ4n) is 9.34. The molecule has 60 heavy (non-hydrogen) atoms. The van der Waals surface area contributed by atoms with Crippen LogP contribution >= 0.6 is 11.6 Å². The average Bonchev–Trinajstić information content (AvgIpc) is 3.68. The summed E-state index contributed by atoms with van der Waals surface area (Å²) in [4.78, 5) is 13.2. The molecule has 0 saturated carbocycles. The van der Waals surface area contributed by atoms with Crippen LogP contribution in [0.3, 0.4) is 0 Å². The van der Waals surface area contributed by atoms with Gasteiger partial charge in [-0.15, -0.1) is 0 Å². The first-order valence-corrected chi connectivity index (χ1v) is 23.3. The summed E-state index contributed by atoms with van der Waals surface area (Å²) in [5.41, 5.74) is 5.47. The summed E-state index contributed by atoms with van der Waals surface area (Å²) < 4.78 is 47.6. The van der Waals surface area contributed by atoms with E-state index in [0.29, 0.717) is 44.5 Å². The molecule has 1 aromatic heterocycles. The third-order valence-electron chi connectivity index (χ3n) is 12.8. The number of unbranched alkanes of at least 4 members (excludes halogenated alkanes) is 4. The van der Waals surface area contributed by atoms with Gasteiger partial charge in [0.2, 0.25) is 5.95 Å². The number of halogens is 2. The number of aromatic nitrogens is 2. The number of anilines is 2. The van der Waals surface area contributed by atoms with Crippen LogP contribution in [0.1, 0.15) is 109 Å². The van der Waals surface area contributed by atoms with Crippen molar-refractivity contribution in [1.82, 2.24) is 9.97 Å². The van der Waals surface area contributed by atoms with Crippen molar-refractivity contribution < 1.29 is 28.1 Å². The van der Waals surface area contributed by atoms with Crippen LogP contribution in [-0.2, 0) is 30.1 Å². The Labute approximate surface area is 362 Å². The molecule has 3 saturated heterocycles. The third kappa shape index (κ3) is 10.7. The number of ether oxygens (including phenoxy) is 5. The van der Waals surface area contributed by atoms with Crippen LogP contribution in [-0.4, -0.2) is 93.2 Å². The van der Waals surface area contributed by atoms with Gasteiger partial charge in [-0.25, -0.2) is 9.37 Å². The van der Waals surface area contributed by atoms with E-state index in [0.717, 1.165) is 107 Å².